The molecule has 1 saturated heterocycles. The van der Waals surface area contributed by atoms with Crippen LogP contribution in [0.5, 0.6) is 0 Å². The summed E-state index contributed by atoms with van der Waals surface area (Å²) in [5.41, 5.74) is -0.907. The lowest BCUT2D eigenvalue weighted by Gasteiger charge is -2.34. The van der Waals surface area contributed by atoms with E-state index in [0.717, 1.165) is 12.8 Å². The molecular formula is C11H16N2O3. The van der Waals surface area contributed by atoms with Gasteiger partial charge >= 0.3 is 6.03 Å². The molecule has 2 fully saturated rings. The lowest BCUT2D eigenvalue weighted by atomic mass is 10.00. The van der Waals surface area contributed by atoms with Crippen LogP contribution in [0.25, 0.3) is 0 Å². The lowest BCUT2D eigenvalue weighted by Crippen LogP contribution is -2.61. The van der Waals surface area contributed by atoms with Gasteiger partial charge < -0.3 is 0 Å². The molecule has 1 aliphatic carbocycles. The molecule has 1 saturated carbocycles. The van der Waals surface area contributed by atoms with Crippen molar-refractivity contribution in [1.29, 1.82) is 0 Å². The van der Waals surface area contributed by atoms with Gasteiger partial charge in [0.25, 0.3) is 0 Å². The minimum Gasteiger partial charge on any atom is -0.277 e. The van der Waals surface area contributed by atoms with E-state index in [-0.39, 0.29) is 11.9 Å². The average Bonchev–Trinajstić information content (AvgIpc) is 2.96. The van der Waals surface area contributed by atoms with Crippen molar-refractivity contribution in [3.63, 3.8) is 0 Å². The number of amides is 4. The Bertz CT molecular complexity index is 360. The predicted molar refractivity (Wildman–Crippen MR) is 56.4 cm³/mol. The molecule has 0 aromatic carbocycles. The van der Waals surface area contributed by atoms with Gasteiger partial charge in [-0.2, -0.15) is 0 Å². The van der Waals surface area contributed by atoms with Gasteiger partial charge in [0.05, 0.1) is 0 Å². The molecule has 1 heterocycles. The highest BCUT2D eigenvalue weighted by Gasteiger charge is 2.62. The fourth-order valence-electron chi connectivity index (χ4n) is 2.21. The smallest absolute Gasteiger partial charge is 0.277 e. The third-order valence-electron chi connectivity index (χ3n) is 3.40. The summed E-state index contributed by atoms with van der Waals surface area (Å²) in [5, 5.41) is 2.28. The molecule has 4 amide bonds. The van der Waals surface area contributed by atoms with Crippen molar-refractivity contribution in [2.45, 2.75) is 45.6 Å². The van der Waals surface area contributed by atoms with Crippen LogP contribution in [0, 0.1) is 5.41 Å². The monoisotopic (exact) mass is 224 g/mol. The van der Waals surface area contributed by atoms with E-state index < -0.39 is 17.4 Å². The van der Waals surface area contributed by atoms with Crippen LogP contribution in [-0.4, -0.2) is 28.8 Å². The summed E-state index contributed by atoms with van der Waals surface area (Å²) in [6.07, 6.45) is 2.81. The van der Waals surface area contributed by atoms with Crippen LogP contribution < -0.4 is 5.32 Å². The first-order chi connectivity index (χ1) is 7.53. The highest BCUT2D eigenvalue weighted by Crippen LogP contribution is 2.49. The molecule has 1 N–H and O–H groups in total. The van der Waals surface area contributed by atoms with E-state index in [1.54, 1.807) is 0 Å². The van der Waals surface area contributed by atoms with Gasteiger partial charge in [0.1, 0.15) is 5.41 Å². The number of hydrogen-bond donors (Lipinski definition) is 1. The number of nitrogens with one attached hydrogen (secondary N) is 1. The summed E-state index contributed by atoms with van der Waals surface area (Å²) in [6.45, 7) is 3.84. The summed E-state index contributed by atoms with van der Waals surface area (Å²) in [5.74, 6) is -0.718. The van der Waals surface area contributed by atoms with E-state index in [0.29, 0.717) is 12.8 Å². The van der Waals surface area contributed by atoms with Crippen LogP contribution in [0.2, 0.25) is 0 Å². The van der Waals surface area contributed by atoms with Crippen molar-refractivity contribution in [2.75, 3.05) is 0 Å². The SMILES string of the molecule is CCCC(C)N1C(=O)NC(=O)C2(CC2)C1=O. The molecule has 1 unspecified atom stereocenters. The molecule has 0 aromatic rings. The van der Waals surface area contributed by atoms with Crippen molar-refractivity contribution in [3.8, 4) is 0 Å². The van der Waals surface area contributed by atoms with E-state index in [4.69, 9.17) is 0 Å². The minimum absolute atomic E-state index is 0.136. The first-order valence-corrected chi connectivity index (χ1v) is 5.72. The zero-order valence-corrected chi connectivity index (χ0v) is 9.58. The summed E-state index contributed by atoms with van der Waals surface area (Å²) < 4.78 is 0. The van der Waals surface area contributed by atoms with Gasteiger partial charge in [0, 0.05) is 6.04 Å². The van der Waals surface area contributed by atoms with Gasteiger partial charge in [-0.05, 0) is 26.2 Å². The summed E-state index contributed by atoms with van der Waals surface area (Å²) in [6, 6.07) is -0.698. The summed E-state index contributed by atoms with van der Waals surface area (Å²) in [7, 11) is 0. The molecule has 2 rings (SSSR count). The zero-order chi connectivity index (χ0) is 11.9. The van der Waals surface area contributed by atoms with E-state index in [1.165, 1.54) is 4.90 Å². The van der Waals surface area contributed by atoms with Crippen LogP contribution in [0.4, 0.5) is 4.79 Å². The maximum Gasteiger partial charge on any atom is 0.331 e. The molecule has 16 heavy (non-hydrogen) atoms. The van der Waals surface area contributed by atoms with E-state index in [2.05, 4.69) is 5.32 Å². The minimum atomic E-state index is -0.907. The second kappa shape index (κ2) is 3.57. The molecule has 0 bridgehead atoms. The molecule has 1 atom stereocenters. The van der Waals surface area contributed by atoms with Gasteiger partial charge in [-0.15, -0.1) is 0 Å². The highest BCUT2D eigenvalue weighted by molar-refractivity contribution is 6.21. The quantitative estimate of drug-likeness (QED) is 0.728. The Morgan fingerprint density at radius 1 is 1.38 bits per heavy atom. The molecule has 2 aliphatic rings. The molecule has 88 valence electrons. The Morgan fingerprint density at radius 2 is 2.00 bits per heavy atom. The second-order valence-corrected chi connectivity index (χ2v) is 4.65. The number of nitrogens with zero attached hydrogens (tertiary/aromatic N) is 1. The maximum atomic E-state index is 12.1. The van der Waals surface area contributed by atoms with Crippen molar-refractivity contribution < 1.29 is 14.4 Å². The van der Waals surface area contributed by atoms with Crippen LogP contribution in [0.15, 0.2) is 0 Å². The van der Waals surface area contributed by atoms with Gasteiger partial charge in [-0.25, -0.2) is 4.79 Å². The van der Waals surface area contributed by atoms with Gasteiger partial charge in [0.2, 0.25) is 11.8 Å². The predicted octanol–water partition coefficient (Wildman–Crippen LogP) is 1.03. The van der Waals surface area contributed by atoms with Gasteiger partial charge in [-0.1, -0.05) is 13.3 Å². The Hall–Kier alpha value is -1.39. The Morgan fingerprint density at radius 3 is 2.50 bits per heavy atom. The first kappa shape index (κ1) is 11.1. The van der Waals surface area contributed by atoms with Crippen LogP contribution in [-0.2, 0) is 9.59 Å². The van der Waals surface area contributed by atoms with Gasteiger partial charge in [-0.3, -0.25) is 19.8 Å². The van der Waals surface area contributed by atoms with Crippen molar-refractivity contribution in [1.82, 2.24) is 10.2 Å². The van der Waals surface area contributed by atoms with Crippen molar-refractivity contribution >= 4 is 17.8 Å². The standard InChI is InChI=1S/C11H16N2O3/c1-3-4-7(2)13-9(15)11(5-6-11)8(14)12-10(13)16/h7H,3-6H2,1-2H3,(H,12,14,16). The van der Waals surface area contributed by atoms with Crippen molar-refractivity contribution in [2.24, 2.45) is 5.41 Å². The molecule has 0 radical (unpaired) electrons. The summed E-state index contributed by atoms with van der Waals surface area (Å²) >= 11 is 0. The number of barbiturate groups is 1. The zero-order valence-electron chi connectivity index (χ0n) is 9.58. The highest BCUT2D eigenvalue weighted by atomic mass is 16.2. The third-order valence-corrected chi connectivity index (χ3v) is 3.40. The molecule has 5 nitrogen and oxygen atoms in total. The Balaban J connectivity index is 2.21. The largest absolute Gasteiger partial charge is 0.331 e. The van der Waals surface area contributed by atoms with Crippen LogP contribution >= 0.6 is 0 Å². The molecular weight excluding hydrogens is 208 g/mol. The number of carbonyl (C=O) groups excluding carboxylic acids is 3. The van der Waals surface area contributed by atoms with Crippen LogP contribution in [0.3, 0.4) is 0 Å². The first-order valence-electron chi connectivity index (χ1n) is 5.72. The number of hydrogen-bond acceptors (Lipinski definition) is 3. The van der Waals surface area contributed by atoms with E-state index >= 15 is 0 Å². The number of urea groups is 1. The number of carbonyl (C=O) groups is 3. The van der Waals surface area contributed by atoms with Crippen molar-refractivity contribution in [3.05, 3.63) is 0 Å². The second-order valence-electron chi connectivity index (χ2n) is 4.65. The normalized spacial score (nSPS) is 24.6. The number of rotatable bonds is 3. The Labute approximate surface area is 94.2 Å². The topological polar surface area (TPSA) is 66.5 Å². The maximum absolute atomic E-state index is 12.1. The number of imide groups is 2. The molecule has 5 heteroatoms. The molecule has 0 aromatic heterocycles. The van der Waals surface area contributed by atoms with E-state index in [9.17, 15) is 14.4 Å². The average molecular weight is 224 g/mol. The molecule has 1 aliphatic heterocycles. The lowest BCUT2D eigenvalue weighted by molar-refractivity contribution is -0.146. The van der Waals surface area contributed by atoms with Crippen LogP contribution in [0.1, 0.15) is 39.5 Å². The van der Waals surface area contributed by atoms with E-state index in [1.807, 2.05) is 13.8 Å². The Kier molecular flexibility index (Phi) is 2.48. The summed E-state index contributed by atoms with van der Waals surface area (Å²) in [4.78, 5) is 36.5. The molecule has 1 spiro atoms. The fraction of sp³-hybridized carbons (Fsp3) is 0.727. The fourth-order valence-corrected chi connectivity index (χ4v) is 2.21. The van der Waals surface area contributed by atoms with Gasteiger partial charge in [0.15, 0.2) is 0 Å². The third kappa shape index (κ3) is 1.42.